The smallest absolute Gasteiger partial charge is 0.408 e. The van der Waals surface area contributed by atoms with Crippen molar-refractivity contribution in [1.82, 2.24) is 5.32 Å². The normalized spacial score (nSPS) is 28.3. The van der Waals surface area contributed by atoms with E-state index in [0.29, 0.717) is 38.0 Å². The highest BCUT2D eigenvalue weighted by Crippen LogP contribution is 2.37. The molecule has 12 atom stereocenters. The number of cyclic esters (lactones) is 1. The van der Waals surface area contributed by atoms with Crippen LogP contribution in [0.2, 0.25) is 0 Å². The van der Waals surface area contributed by atoms with Crippen LogP contribution in [0.3, 0.4) is 0 Å². The lowest BCUT2D eigenvalue weighted by Gasteiger charge is -2.41. The van der Waals surface area contributed by atoms with E-state index in [0.717, 1.165) is 18.4 Å². The van der Waals surface area contributed by atoms with E-state index in [4.69, 9.17) is 28.5 Å². The van der Waals surface area contributed by atoms with E-state index in [1.54, 1.807) is 27.7 Å². The van der Waals surface area contributed by atoms with E-state index in [9.17, 15) is 24.6 Å². The number of nitrogens with zero attached hydrogens (tertiary/aromatic N) is 1. The summed E-state index contributed by atoms with van der Waals surface area (Å²) in [5.74, 6) is -4.67. The second-order valence-corrected chi connectivity index (χ2v) is 18.6. The average Bonchev–Trinajstić information content (AvgIpc) is 3.19. The van der Waals surface area contributed by atoms with Crippen LogP contribution in [0.4, 0.5) is 4.79 Å². The van der Waals surface area contributed by atoms with Crippen LogP contribution in [0.25, 0.3) is 0 Å². The number of nitrogens with one attached hydrogen (secondary N) is 1. The fourth-order valence-electron chi connectivity index (χ4n) is 8.59. The molecule has 6 unspecified atom stereocenters. The number of unbranched alkanes of at least 4 members (excludes halogenated alkanes) is 1. The van der Waals surface area contributed by atoms with Crippen LogP contribution in [0.5, 0.6) is 0 Å². The van der Waals surface area contributed by atoms with E-state index in [1.807, 2.05) is 78.8 Å². The molecule has 0 saturated carbocycles. The van der Waals surface area contributed by atoms with Crippen molar-refractivity contribution < 1.29 is 57.9 Å². The molecular formula is C48H80N2O12. The lowest BCUT2D eigenvalue weighted by molar-refractivity contribution is -0.176. The molecule has 3 N–H and O–H groups in total. The van der Waals surface area contributed by atoms with Crippen molar-refractivity contribution in [2.45, 2.75) is 170 Å². The van der Waals surface area contributed by atoms with Crippen molar-refractivity contribution in [1.29, 1.82) is 0 Å². The summed E-state index contributed by atoms with van der Waals surface area (Å²) >= 11 is 0. The first kappa shape index (κ1) is 54.5. The van der Waals surface area contributed by atoms with E-state index < -0.39 is 83.6 Å². The van der Waals surface area contributed by atoms with Crippen LogP contribution in [0, 0.1) is 41.4 Å². The summed E-state index contributed by atoms with van der Waals surface area (Å²) in [5.41, 5.74) is -0.258. The van der Waals surface area contributed by atoms with Crippen molar-refractivity contribution in [2.75, 3.05) is 26.9 Å². The van der Waals surface area contributed by atoms with Gasteiger partial charge in [-0.2, -0.15) is 0 Å². The molecule has 1 aliphatic heterocycles. The Morgan fingerprint density at radius 2 is 1.60 bits per heavy atom. The van der Waals surface area contributed by atoms with Crippen molar-refractivity contribution in [3.63, 3.8) is 0 Å². The van der Waals surface area contributed by atoms with E-state index >= 15 is 4.79 Å². The highest BCUT2D eigenvalue weighted by molar-refractivity contribution is 5.91. The summed E-state index contributed by atoms with van der Waals surface area (Å²) in [5, 5.41) is 26.6. The molecule has 1 aliphatic rings. The first-order valence-corrected chi connectivity index (χ1v) is 22.8. The highest BCUT2D eigenvalue weighted by Gasteiger charge is 2.49. The SMILES string of the molecule is CO/N=C(\CCOC1[C@@H](C)CC(C)C(=O)OC([C@H](C)COCCCCC(C)O)[C@H](C)[C@@H](OC(=O)CC(C)C)C(C)C(=O)[C@@](C)(OC(=O)NCc2ccccc2)C[C@@H]1C)CC(C)O. The van der Waals surface area contributed by atoms with Crippen LogP contribution in [-0.4, -0.2) is 103 Å². The van der Waals surface area contributed by atoms with Gasteiger partial charge in [0.05, 0.1) is 49.1 Å². The first-order chi connectivity index (χ1) is 29.2. The second-order valence-electron chi connectivity index (χ2n) is 18.6. The number of aliphatic hydroxyl groups excluding tert-OH is 2. The lowest BCUT2D eigenvalue weighted by Crippen LogP contribution is -2.53. The molecule has 14 heteroatoms. The third-order valence-electron chi connectivity index (χ3n) is 11.7. The van der Waals surface area contributed by atoms with Gasteiger partial charge in [0.15, 0.2) is 11.4 Å². The van der Waals surface area contributed by atoms with Gasteiger partial charge in [-0.1, -0.05) is 90.9 Å². The molecule has 1 fully saturated rings. The van der Waals surface area contributed by atoms with Gasteiger partial charge in [0, 0.05) is 44.2 Å². The minimum Gasteiger partial charge on any atom is -0.461 e. The van der Waals surface area contributed by atoms with Crippen LogP contribution >= 0.6 is 0 Å². The predicted molar refractivity (Wildman–Crippen MR) is 238 cm³/mol. The largest absolute Gasteiger partial charge is 0.461 e. The maximum Gasteiger partial charge on any atom is 0.408 e. The second kappa shape index (κ2) is 27.6. The van der Waals surface area contributed by atoms with E-state index in [1.165, 1.54) is 7.11 Å². The topological polar surface area (TPSA) is 189 Å². The number of hydrogen-bond donors (Lipinski definition) is 3. The summed E-state index contributed by atoms with van der Waals surface area (Å²) in [6.07, 6.45) is -0.849. The molecule has 1 aromatic carbocycles. The zero-order valence-corrected chi connectivity index (χ0v) is 39.7. The Kier molecular flexibility index (Phi) is 24.2. The number of esters is 2. The molecule has 0 bridgehead atoms. The number of oxime groups is 1. The molecule has 1 amide bonds. The number of carbonyl (C=O) groups is 4. The van der Waals surface area contributed by atoms with Crippen LogP contribution < -0.4 is 5.32 Å². The van der Waals surface area contributed by atoms with Gasteiger partial charge in [-0.25, -0.2) is 4.79 Å². The summed E-state index contributed by atoms with van der Waals surface area (Å²) in [7, 11) is 1.44. The van der Waals surface area contributed by atoms with Gasteiger partial charge < -0.3 is 44.1 Å². The third-order valence-corrected chi connectivity index (χ3v) is 11.7. The van der Waals surface area contributed by atoms with Gasteiger partial charge in [0.25, 0.3) is 0 Å². The Balaban J connectivity index is 2.67. The Hall–Kier alpha value is -3.59. The standard InChI is InChI=1S/C48H80N2O12/c1-30(2)24-41(53)60-44-37(9)43(34(6)29-58-22-17-16-18-35(7)51)61-46(55)32(4)25-31(3)42(59-23-21-40(50-57-12)26-36(8)52)33(5)27-48(11,45(54)38(44)10)62-47(56)49-28-39-19-14-13-15-20-39/h13-15,19-20,30-38,42-44,51-52H,16-18,21-29H2,1-12H3,(H,49,56)/b50-40+/t31-,32?,33-,34+,35?,36?,37-,38?,42?,43?,44+,48-/m0/s1. The molecule has 0 aromatic heterocycles. The van der Waals surface area contributed by atoms with Gasteiger partial charge in [0.2, 0.25) is 0 Å². The number of benzene rings is 1. The van der Waals surface area contributed by atoms with E-state index in [-0.39, 0.29) is 50.4 Å². The van der Waals surface area contributed by atoms with Crippen molar-refractivity contribution in [3.8, 4) is 0 Å². The highest BCUT2D eigenvalue weighted by atomic mass is 16.6. The predicted octanol–water partition coefficient (Wildman–Crippen LogP) is 7.84. The first-order valence-electron chi connectivity index (χ1n) is 22.8. The Bertz CT molecular complexity index is 1520. The molecule has 1 aromatic rings. The quantitative estimate of drug-likeness (QED) is 0.0358. The third kappa shape index (κ3) is 19.0. The number of ether oxygens (including phenoxy) is 5. The van der Waals surface area contributed by atoms with Crippen molar-refractivity contribution >= 4 is 29.5 Å². The minimum atomic E-state index is -1.72. The number of alkyl carbamates (subject to hydrolysis) is 1. The van der Waals surface area contributed by atoms with Gasteiger partial charge >= 0.3 is 18.0 Å². The minimum absolute atomic E-state index is 0.0245. The van der Waals surface area contributed by atoms with Gasteiger partial charge in [-0.05, 0) is 76.2 Å². The maximum absolute atomic E-state index is 15.2. The molecular weight excluding hydrogens is 797 g/mol. The molecule has 1 saturated heterocycles. The number of aliphatic hydroxyl groups is 2. The molecule has 0 radical (unpaired) electrons. The molecule has 0 spiro atoms. The van der Waals surface area contributed by atoms with E-state index in [2.05, 4.69) is 10.5 Å². The fourth-order valence-corrected chi connectivity index (χ4v) is 8.59. The number of rotatable bonds is 21. The van der Waals surface area contributed by atoms with Gasteiger partial charge in [-0.15, -0.1) is 0 Å². The zero-order chi connectivity index (χ0) is 46.6. The van der Waals surface area contributed by atoms with Crippen molar-refractivity contribution in [2.24, 2.45) is 46.6 Å². The molecule has 354 valence electrons. The molecule has 62 heavy (non-hydrogen) atoms. The summed E-state index contributed by atoms with van der Waals surface area (Å²) in [6, 6.07) is 9.35. The maximum atomic E-state index is 15.2. The lowest BCUT2D eigenvalue weighted by atomic mass is 9.74. The van der Waals surface area contributed by atoms with Gasteiger partial charge in [-0.3, -0.25) is 14.4 Å². The van der Waals surface area contributed by atoms with Gasteiger partial charge in [0.1, 0.15) is 19.3 Å². The molecule has 1 heterocycles. The number of amides is 1. The zero-order valence-electron chi connectivity index (χ0n) is 39.7. The number of Topliss-reactive ketones (excluding diaryl/α,β-unsaturated/α-hetero) is 1. The van der Waals surface area contributed by atoms with Crippen LogP contribution in [0.15, 0.2) is 35.5 Å². The Labute approximate surface area is 371 Å². The summed E-state index contributed by atoms with van der Waals surface area (Å²) in [6.45, 7) is 21.0. The number of carbonyl (C=O) groups excluding carboxylic acids is 4. The molecule has 2 rings (SSSR count). The van der Waals surface area contributed by atoms with Crippen molar-refractivity contribution in [3.05, 3.63) is 35.9 Å². The number of hydrogen-bond acceptors (Lipinski definition) is 13. The average molecular weight is 877 g/mol. The summed E-state index contributed by atoms with van der Waals surface area (Å²) in [4.78, 5) is 61.6. The molecule has 14 nitrogen and oxygen atoms in total. The number of ketones is 1. The molecule has 0 aliphatic carbocycles. The monoisotopic (exact) mass is 877 g/mol. The Morgan fingerprint density at radius 3 is 2.21 bits per heavy atom. The fraction of sp³-hybridized carbons (Fsp3) is 0.771. The van der Waals surface area contributed by atoms with Crippen LogP contribution in [0.1, 0.15) is 133 Å². The summed E-state index contributed by atoms with van der Waals surface area (Å²) < 4.78 is 31.5. The van der Waals surface area contributed by atoms with Crippen LogP contribution in [-0.2, 0) is 49.5 Å². The Morgan fingerprint density at radius 1 is 0.919 bits per heavy atom.